The van der Waals surface area contributed by atoms with Gasteiger partial charge in [-0.15, -0.1) is 0 Å². The van der Waals surface area contributed by atoms with E-state index in [1.807, 2.05) is 0 Å². The highest BCUT2D eigenvalue weighted by molar-refractivity contribution is 14.1. The molecule has 0 nitrogen and oxygen atoms in total. The molecule has 0 fully saturated rings. The second-order valence-electron chi connectivity index (χ2n) is 4.31. The van der Waals surface area contributed by atoms with Gasteiger partial charge in [0.15, 0.2) is 0 Å². The Labute approximate surface area is 108 Å². The molecule has 1 aromatic rings. The van der Waals surface area contributed by atoms with Gasteiger partial charge in [0.05, 0.1) is 0 Å². The van der Waals surface area contributed by atoms with Gasteiger partial charge in [0.1, 0.15) is 0 Å². The lowest BCUT2D eigenvalue weighted by molar-refractivity contribution is 0.473. The quantitative estimate of drug-likeness (QED) is 0.383. The van der Waals surface area contributed by atoms with E-state index < -0.39 is 0 Å². The lowest BCUT2D eigenvalue weighted by Crippen LogP contribution is -1.97. The zero-order valence-corrected chi connectivity index (χ0v) is 11.7. The fourth-order valence-corrected chi connectivity index (χ4v) is 2.33. The Morgan fingerprint density at radius 2 is 1.80 bits per heavy atom. The predicted molar refractivity (Wildman–Crippen MR) is 76.7 cm³/mol. The fourth-order valence-electron chi connectivity index (χ4n) is 1.79. The van der Waals surface area contributed by atoms with Crippen LogP contribution in [0.4, 0.5) is 0 Å². The van der Waals surface area contributed by atoms with Crippen LogP contribution in [0.15, 0.2) is 30.3 Å². The molecule has 0 amide bonds. The normalized spacial score (nSPS) is 12.7. The summed E-state index contributed by atoms with van der Waals surface area (Å²) in [5.74, 6) is 0.883. The van der Waals surface area contributed by atoms with Crippen LogP contribution in [-0.4, -0.2) is 4.43 Å². The lowest BCUT2D eigenvalue weighted by Gasteiger charge is -2.10. The fraction of sp³-hybridized carbons (Fsp3) is 0.571. The van der Waals surface area contributed by atoms with E-state index in [1.165, 1.54) is 42.1 Å². The monoisotopic (exact) mass is 316 g/mol. The number of unbranched alkanes of at least 4 members (excludes halogenated alkanes) is 1. The van der Waals surface area contributed by atoms with E-state index in [9.17, 15) is 0 Å². The second-order valence-corrected chi connectivity index (χ2v) is 5.39. The zero-order chi connectivity index (χ0) is 10.9. The summed E-state index contributed by atoms with van der Waals surface area (Å²) in [7, 11) is 0. The molecule has 0 aromatic heterocycles. The maximum Gasteiger partial charge on any atom is -0.000473 e. The summed E-state index contributed by atoms with van der Waals surface area (Å²) in [6, 6.07) is 10.8. The van der Waals surface area contributed by atoms with E-state index in [0.717, 1.165) is 5.92 Å². The van der Waals surface area contributed by atoms with E-state index in [2.05, 4.69) is 59.8 Å². The predicted octanol–water partition coefficient (Wildman–Crippen LogP) is 4.86. The van der Waals surface area contributed by atoms with Gasteiger partial charge in [0, 0.05) is 0 Å². The van der Waals surface area contributed by atoms with Gasteiger partial charge in [-0.2, -0.15) is 0 Å². The molecule has 0 aliphatic heterocycles. The summed E-state index contributed by atoms with van der Waals surface area (Å²) in [5.41, 5.74) is 1.48. The summed E-state index contributed by atoms with van der Waals surface area (Å²) < 4.78 is 1.31. The molecule has 0 spiro atoms. The van der Waals surface area contributed by atoms with Gasteiger partial charge in [-0.05, 0) is 35.2 Å². The summed E-state index contributed by atoms with van der Waals surface area (Å²) >= 11 is 2.46. The van der Waals surface area contributed by atoms with Crippen LogP contribution >= 0.6 is 22.6 Å². The van der Waals surface area contributed by atoms with Crippen molar-refractivity contribution in [2.45, 2.75) is 39.0 Å². The molecule has 0 N–H and O–H groups in total. The van der Waals surface area contributed by atoms with Gasteiger partial charge in [0.25, 0.3) is 0 Å². The van der Waals surface area contributed by atoms with Gasteiger partial charge < -0.3 is 0 Å². The molecule has 0 aliphatic carbocycles. The van der Waals surface area contributed by atoms with Crippen molar-refractivity contribution in [2.24, 2.45) is 5.92 Å². The van der Waals surface area contributed by atoms with Gasteiger partial charge in [-0.1, -0.05) is 72.7 Å². The van der Waals surface area contributed by atoms with E-state index in [0.29, 0.717) is 0 Å². The number of alkyl halides is 1. The molecule has 1 heteroatoms. The van der Waals surface area contributed by atoms with E-state index in [1.54, 1.807) is 0 Å². The number of halogens is 1. The van der Waals surface area contributed by atoms with Gasteiger partial charge >= 0.3 is 0 Å². The maximum absolute atomic E-state index is 2.46. The van der Waals surface area contributed by atoms with Crippen LogP contribution in [0.5, 0.6) is 0 Å². The Morgan fingerprint density at radius 1 is 1.07 bits per heavy atom. The molecule has 15 heavy (non-hydrogen) atoms. The minimum atomic E-state index is 0.883. The standard InChI is InChI=1S/C14H21I/c1-13(7-5-6-12-15)10-11-14-8-3-2-4-9-14/h2-4,8-9,13H,5-7,10-12H2,1H3. The molecule has 0 aliphatic rings. The molecule has 1 rings (SSSR count). The third kappa shape index (κ3) is 6.18. The molecule has 1 aromatic carbocycles. The van der Waals surface area contributed by atoms with Gasteiger partial charge in [0.2, 0.25) is 0 Å². The second kappa shape index (κ2) is 8.14. The van der Waals surface area contributed by atoms with Crippen LogP contribution in [0.1, 0.15) is 38.2 Å². The first-order valence-corrected chi connectivity index (χ1v) is 7.45. The van der Waals surface area contributed by atoms with Crippen molar-refractivity contribution in [1.29, 1.82) is 0 Å². The first-order valence-electron chi connectivity index (χ1n) is 5.93. The van der Waals surface area contributed by atoms with Crippen molar-refractivity contribution in [3.63, 3.8) is 0 Å². The number of hydrogen-bond acceptors (Lipinski definition) is 0. The van der Waals surface area contributed by atoms with E-state index >= 15 is 0 Å². The van der Waals surface area contributed by atoms with E-state index in [4.69, 9.17) is 0 Å². The SMILES string of the molecule is CC(CCCCI)CCc1ccccc1. The molecule has 0 saturated carbocycles. The molecule has 1 atom stereocenters. The minimum Gasteiger partial charge on any atom is -0.0864 e. The molecule has 1 unspecified atom stereocenters. The lowest BCUT2D eigenvalue weighted by atomic mass is 9.96. The summed E-state index contributed by atoms with van der Waals surface area (Å²) in [6.07, 6.45) is 6.77. The molecular formula is C14H21I. The Bertz CT molecular complexity index is 243. The number of hydrogen-bond donors (Lipinski definition) is 0. The van der Waals surface area contributed by atoms with Crippen molar-refractivity contribution >= 4 is 22.6 Å². The average Bonchev–Trinajstić information content (AvgIpc) is 2.28. The Hall–Kier alpha value is -0.0500. The third-order valence-electron chi connectivity index (χ3n) is 2.85. The van der Waals surface area contributed by atoms with Crippen LogP contribution in [-0.2, 0) is 6.42 Å². The van der Waals surface area contributed by atoms with Crippen LogP contribution in [0.25, 0.3) is 0 Å². The highest BCUT2D eigenvalue weighted by atomic mass is 127. The molecule has 0 saturated heterocycles. The first kappa shape index (κ1) is 13.0. The molecule has 84 valence electrons. The highest BCUT2D eigenvalue weighted by Gasteiger charge is 2.02. The minimum absolute atomic E-state index is 0.883. The molecule has 0 heterocycles. The van der Waals surface area contributed by atoms with Crippen molar-refractivity contribution in [3.8, 4) is 0 Å². The first-order chi connectivity index (χ1) is 7.33. The number of benzene rings is 1. The van der Waals surface area contributed by atoms with E-state index in [-0.39, 0.29) is 0 Å². The molecule has 0 radical (unpaired) electrons. The summed E-state index contributed by atoms with van der Waals surface area (Å²) in [4.78, 5) is 0. The van der Waals surface area contributed by atoms with Gasteiger partial charge in [-0.3, -0.25) is 0 Å². The van der Waals surface area contributed by atoms with Crippen LogP contribution in [0, 0.1) is 5.92 Å². The van der Waals surface area contributed by atoms with Crippen LogP contribution < -0.4 is 0 Å². The van der Waals surface area contributed by atoms with Crippen LogP contribution in [0.2, 0.25) is 0 Å². The largest absolute Gasteiger partial charge is 0.0864 e. The zero-order valence-electron chi connectivity index (χ0n) is 9.58. The molecule has 0 bridgehead atoms. The van der Waals surface area contributed by atoms with Crippen LogP contribution in [0.3, 0.4) is 0 Å². The van der Waals surface area contributed by atoms with Gasteiger partial charge in [-0.25, -0.2) is 0 Å². The van der Waals surface area contributed by atoms with Crippen molar-refractivity contribution in [2.75, 3.05) is 4.43 Å². The Kier molecular flexibility index (Phi) is 7.07. The van der Waals surface area contributed by atoms with Crippen molar-refractivity contribution in [3.05, 3.63) is 35.9 Å². The maximum atomic E-state index is 2.46. The molecular weight excluding hydrogens is 295 g/mol. The highest BCUT2D eigenvalue weighted by Crippen LogP contribution is 2.15. The Balaban J connectivity index is 2.14. The van der Waals surface area contributed by atoms with Crippen molar-refractivity contribution < 1.29 is 0 Å². The average molecular weight is 316 g/mol. The third-order valence-corrected chi connectivity index (χ3v) is 3.61. The Morgan fingerprint density at radius 3 is 2.47 bits per heavy atom. The number of rotatable bonds is 7. The number of aryl methyl sites for hydroxylation is 1. The summed E-state index contributed by atoms with van der Waals surface area (Å²) in [5, 5.41) is 0. The van der Waals surface area contributed by atoms with Crippen molar-refractivity contribution in [1.82, 2.24) is 0 Å². The smallest absolute Gasteiger partial charge is 0.000473 e. The topological polar surface area (TPSA) is 0 Å². The summed E-state index contributed by atoms with van der Waals surface area (Å²) in [6.45, 7) is 2.39.